The zero-order chi connectivity index (χ0) is 18.7. The average Bonchev–Trinajstić information content (AvgIpc) is 2.63. The van der Waals surface area contributed by atoms with Gasteiger partial charge in [0.2, 0.25) is 5.91 Å². The van der Waals surface area contributed by atoms with Crippen molar-refractivity contribution >= 4 is 40.8 Å². The number of halogens is 1. The molecule has 0 spiro atoms. The number of hydrogen-bond donors (Lipinski definition) is 2. The minimum absolute atomic E-state index is 0.0224. The van der Waals surface area contributed by atoms with Gasteiger partial charge in [-0.3, -0.25) is 19.3 Å². The number of aromatic nitrogens is 1. The van der Waals surface area contributed by atoms with Gasteiger partial charge in [-0.05, 0) is 37.1 Å². The summed E-state index contributed by atoms with van der Waals surface area (Å²) in [6.07, 6.45) is 3.20. The highest BCUT2D eigenvalue weighted by Crippen LogP contribution is 2.23. The van der Waals surface area contributed by atoms with E-state index in [9.17, 15) is 14.4 Å². The van der Waals surface area contributed by atoms with Gasteiger partial charge in [0, 0.05) is 24.8 Å². The first-order chi connectivity index (χ1) is 12.5. The largest absolute Gasteiger partial charge is 0.398 e. The number of carbonyl (C=O) groups is 3. The van der Waals surface area contributed by atoms with Gasteiger partial charge in [-0.25, -0.2) is 4.98 Å². The molecule has 3 rings (SSSR count). The average molecular weight is 373 g/mol. The lowest BCUT2D eigenvalue weighted by atomic mass is 10.0. The monoisotopic (exact) mass is 372 g/mol. The number of amides is 3. The molecule has 26 heavy (non-hydrogen) atoms. The molecule has 3 amide bonds. The van der Waals surface area contributed by atoms with E-state index in [-0.39, 0.29) is 28.5 Å². The quantitative estimate of drug-likeness (QED) is 0.636. The number of benzene rings is 1. The molecule has 0 radical (unpaired) electrons. The molecular formula is C18H17ClN4O3. The highest BCUT2D eigenvalue weighted by molar-refractivity contribution is 6.30. The Morgan fingerprint density at radius 3 is 2.69 bits per heavy atom. The molecule has 0 aliphatic carbocycles. The normalized spacial score (nSPS) is 14.2. The summed E-state index contributed by atoms with van der Waals surface area (Å²) in [6.45, 7) is 0.325. The molecule has 1 fully saturated rings. The second-order valence-corrected chi connectivity index (χ2v) is 6.33. The molecule has 0 bridgehead atoms. The van der Waals surface area contributed by atoms with Crippen molar-refractivity contribution in [3.8, 4) is 0 Å². The van der Waals surface area contributed by atoms with Gasteiger partial charge in [-0.1, -0.05) is 17.7 Å². The number of carbonyl (C=O) groups excluding carboxylic acids is 3. The highest BCUT2D eigenvalue weighted by Gasteiger charge is 2.30. The molecule has 1 saturated heterocycles. The van der Waals surface area contributed by atoms with Crippen LogP contribution in [0.25, 0.3) is 0 Å². The third kappa shape index (κ3) is 3.67. The van der Waals surface area contributed by atoms with Crippen molar-refractivity contribution in [3.05, 3.63) is 52.7 Å². The van der Waals surface area contributed by atoms with E-state index in [1.165, 1.54) is 18.3 Å². The number of nitrogens with zero attached hydrogens (tertiary/aromatic N) is 2. The van der Waals surface area contributed by atoms with E-state index in [1.807, 2.05) is 0 Å². The Balaban J connectivity index is 1.91. The summed E-state index contributed by atoms with van der Waals surface area (Å²) in [4.78, 5) is 42.7. The molecule has 134 valence electrons. The van der Waals surface area contributed by atoms with Crippen molar-refractivity contribution in [2.24, 2.45) is 0 Å². The molecule has 1 aromatic carbocycles. The van der Waals surface area contributed by atoms with Crippen LogP contribution in [-0.2, 0) is 4.79 Å². The third-order valence-corrected chi connectivity index (χ3v) is 4.32. The van der Waals surface area contributed by atoms with Crippen molar-refractivity contribution in [2.45, 2.75) is 19.3 Å². The molecule has 3 N–H and O–H groups in total. The predicted octanol–water partition coefficient (Wildman–Crippen LogP) is 2.72. The van der Waals surface area contributed by atoms with Crippen LogP contribution in [0.15, 0.2) is 36.5 Å². The second-order valence-electron chi connectivity index (χ2n) is 5.89. The van der Waals surface area contributed by atoms with E-state index in [2.05, 4.69) is 10.3 Å². The summed E-state index contributed by atoms with van der Waals surface area (Å²) in [5.41, 5.74) is 6.21. The van der Waals surface area contributed by atoms with Crippen molar-refractivity contribution < 1.29 is 14.4 Å². The van der Waals surface area contributed by atoms with Gasteiger partial charge in [-0.15, -0.1) is 0 Å². The number of piperidine rings is 1. The molecule has 2 aromatic rings. The van der Waals surface area contributed by atoms with Crippen molar-refractivity contribution in [3.63, 3.8) is 0 Å². The van der Waals surface area contributed by atoms with Gasteiger partial charge in [0.15, 0.2) is 0 Å². The summed E-state index contributed by atoms with van der Waals surface area (Å²) in [5.74, 6) is -1.06. The molecule has 7 nitrogen and oxygen atoms in total. The van der Waals surface area contributed by atoms with Crippen molar-refractivity contribution in [2.75, 3.05) is 17.6 Å². The molecule has 0 atom stereocenters. The Morgan fingerprint density at radius 1 is 1.19 bits per heavy atom. The van der Waals surface area contributed by atoms with Crippen LogP contribution in [0.2, 0.25) is 5.02 Å². The third-order valence-electron chi connectivity index (χ3n) is 4.09. The summed E-state index contributed by atoms with van der Waals surface area (Å²) >= 11 is 5.78. The molecule has 0 unspecified atom stereocenters. The fourth-order valence-corrected chi connectivity index (χ4v) is 2.90. The van der Waals surface area contributed by atoms with Crippen LogP contribution in [0.3, 0.4) is 0 Å². The van der Waals surface area contributed by atoms with Gasteiger partial charge in [0.25, 0.3) is 11.8 Å². The summed E-state index contributed by atoms with van der Waals surface area (Å²) in [6, 6.07) is 7.72. The van der Waals surface area contributed by atoms with E-state index in [1.54, 1.807) is 18.2 Å². The number of imide groups is 1. The van der Waals surface area contributed by atoms with E-state index in [0.29, 0.717) is 18.0 Å². The van der Waals surface area contributed by atoms with E-state index in [4.69, 9.17) is 17.3 Å². The van der Waals surface area contributed by atoms with E-state index in [0.717, 1.165) is 17.7 Å². The number of pyridine rings is 1. The topological polar surface area (TPSA) is 105 Å². The van der Waals surface area contributed by atoms with E-state index < -0.39 is 11.8 Å². The molecule has 2 heterocycles. The number of nitrogens with two attached hydrogens (primary N) is 1. The zero-order valence-corrected chi connectivity index (χ0v) is 14.6. The number of nitrogen functional groups attached to an aromatic ring is 1. The molecule has 1 aliphatic heterocycles. The number of nitrogens with one attached hydrogen (secondary N) is 1. The van der Waals surface area contributed by atoms with Gasteiger partial charge >= 0.3 is 0 Å². The predicted molar refractivity (Wildman–Crippen MR) is 97.9 cm³/mol. The standard InChI is InChI=1S/C18H17ClN4O3/c19-11-7-8-14(21-10-11)22-17(25)12-4-3-5-13(20)16(12)18(26)23-9-2-1-6-15(23)24/h3-5,7-8,10H,1-2,6,9,20H2,(H,21,22,25). The number of likely N-dealkylation sites (tertiary alicyclic amines) is 1. The Labute approximate surface area is 155 Å². The SMILES string of the molecule is Nc1cccc(C(=O)Nc2ccc(Cl)cn2)c1C(=O)N1CCCCC1=O. The maximum absolute atomic E-state index is 12.9. The second kappa shape index (κ2) is 7.53. The van der Waals surface area contributed by atoms with Crippen LogP contribution < -0.4 is 11.1 Å². The molecule has 1 aliphatic rings. The summed E-state index contributed by atoms with van der Waals surface area (Å²) < 4.78 is 0. The lowest BCUT2D eigenvalue weighted by Crippen LogP contribution is -2.41. The van der Waals surface area contributed by atoms with Crippen LogP contribution in [0.5, 0.6) is 0 Å². The van der Waals surface area contributed by atoms with Gasteiger partial charge < -0.3 is 11.1 Å². The summed E-state index contributed by atoms with van der Waals surface area (Å²) in [7, 11) is 0. The Morgan fingerprint density at radius 2 is 2.00 bits per heavy atom. The molecule has 0 saturated carbocycles. The zero-order valence-electron chi connectivity index (χ0n) is 13.9. The first-order valence-corrected chi connectivity index (χ1v) is 8.51. The molecule has 1 aromatic heterocycles. The first-order valence-electron chi connectivity index (χ1n) is 8.13. The number of hydrogen-bond acceptors (Lipinski definition) is 5. The lowest BCUT2D eigenvalue weighted by Gasteiger charge is -2.26. The van der Waals surface area contributed by atoms with Crippen LogP contribution in [0.4, 0.5) is 11.5 Å². The van der Waals surface area contributed by atoms with Gasteiger partial charge in [-0.2, -0.15) is 0 Å². The Hall–Kier alpha value is -2.93. The first kappa shape index (κ1) is 17.9. The molecular weight excluding hydrogens is 356 g/mol. The number of anilines is 2. The van der Waals surface area contributed by atoms with Crippen LogP contribution in [0.1, 0.15) is 40.0 Å². The van der Waals surface area contributed by atoms with Gasteiger partial charge in [0.1, 0.15) is 5.82 Å². The maximum atomic E-state index is 12.9. The molecule has 8 heteroatoms. The van der Waals surface area contributed by atoms with Crippen molar-refractivity contribution in [1.29, 1.82) is 0 Å². The minimum Gasteiger partial charge on any atom is -0.398 e. The maximum Gasteiger partial charge on any atom is 0.263 e. The number of rotatable bonds is 3. The summed E-state index contributed by atoms with van der Waals surface area (Å²) in [5, 5.41) is 3.04. The van der Waals surface area contributed by atoms with Crippen LogP contribution in [-0.4, -0.2) is 34.2 Å². The smallest absolute Gasteiger partial charge is 0.263 e. The fourth-order valence-electron chi connectivity index (χ4n) is 2.79. The fraction of sp³-hybridized carbons (Fsp3) is 0.222. The van der Waals surface area contributed by atoms with Crippen molar-refractivity contribution in [1.82, 2.24) is 9.88 Å². The Kier molecular flexibility index (Phi) is 5.18. The van der Waals surface area contributed by atoms with Gasteiger partial charge in [0.05, 0.1) is 16.1 Å². The highest BCUT2D eigenvalue weighted by atomic mass is 35.5. The van der Waals surface area contributed by atoms with Crippen LogP contribution >= 0.6 is 11.6 Å². The minimum atomic E-state index is -0.554. The van der Waals surface area contributed by atoms with Crippen LogP contribution in [0, 0.1) is 0 Å². The Bertz CT molecular complexity index is 867. The lowest BCUT2D eigenvalue weighted by molar-refractivity contribution is -0.130. The van der Waals surface area contributed by atoms with E-state index >= 15 is 0 Å².